The molecule has 0 atom stereocenters. The predicted molar refractivity (Wildman–Crippen MR) is 103 cm³/mol. The fraction of sp³-hybridized carbons (Fsp3) is 0.412. The lowest BCUT2D eigenvalue weighted by molar-refractivity contribution is 0.566. The minimum atomic E-state index is -3.69. The van der Waals surface area contributed by atoms with Crippen LogP contribution in [0.25, 0.3) is 0 Å². The summed E-state index contributed by atoms with van der Waals surface area (Å²) < 4.78 is 38.1. The molecular formula is C17H23FN4O2S2. The smallest absolute Gasteiger partial charge is 0.191 e. The lowest BCUT2D eigenvalue weighted by atomic mass is 10.3. The molecule has 2 N–H and O–H groups in total. The highest BCUT2D eigenvalue weighted by Gasteiger charge is 2.18. The first-order valence-corrected chi connectivity index (χ1v) is 10.8. The Bertz CT molecular complexity index is 850. The van der Waals surface area contributed by atoms with E-state index in [-0.39, 0.29) is 17.2 Å². The largest absolute Gasteiger partial charge is 0.356 e. The van der Waals surface area contributed by atoms with E-state index in [0.717, 1.165) is 23.9 Å². The fourth-order valence-electron chi connectivity index (χ4n) is 2.25. The number of sulfone groups is 1. The molecule has 0 fully saturated rings. The van der Waals surface area contributed by atoms with Crippen molar-refractivity contribution in [2.45, 2.75) is 24.7 Å². The monoisotopic (exact) mass is 398 g/mol. The highest BCUT2D eigenvalue weighted by molar-refractivity contribution is 7.91. The van der Waals surface area contributed by atoms with Crippen LogP contribution in [0.4, 0.5) is 4.39 Å². The number of aromatic nitrogens is 1. The van der Waals surface area contributed by atoms with Crippen molar-refractivity contribution >= 4 is 27.1 Å². The lowest BCUT2D eigenvalue weighted by Crippen LogP contribution is -2.40. The van der Waals surface area contributed by atoms with Crippen LogP contribution in [0.3, 0.4) is 0 Å². The van der Waals surface area contributed by atoms with E-state index in [0.29, 0.717) is 12.5 Å². The number of aryl methyl sites for hydroxylation is 1. The summed E-state index contributed by atoms with van der Waals surface area (Å²) in [7, 11) is -2.08. The molecule has 1 aromatic carbocycles. The van der Waals surface area contributed by atoms with Crippen LogP contribution in [0, 0.1) is 5.82 Å². The number of aliphatic imine (C=N–C) groups is 1. The highest BCUT2D eigenvalue weighted by atomic mass is 32.2. The third-order valence-corrected chi connectivity index (χ3v) is 6.58. The van der Waals surface area contributed by atoms with Crippen LogP contribution in [0.5, 0.6) is 0 Å². The maximum absolute atomic E-state index is 13.7. The Morgan fingerprint density at radius 3 is 2.65 bits per heavy atom. The van der Waals surface area contributed by atoms with E-state index >= 15 is 0 Å². The minimum Gasteiger partial charge on any atom is -0.356 e. The maximum atomic E-state index is 13.7. The summed E-state index contributed by atoms with van der Waals surface area (Å²) in [5.41, 5.74) is 0. The second-order valence-corrected chi connectivity index (χ2v) is 8.78. The second kappa shape index (κ2) is 9.63. The van der Waals surface area contributed by atoms with Gasteiger partial charge in [0, 0.05) is 37.6 Å². The van der Waals surface area contributed by atoms with Gasteiger partial charge < -0.3 is 10.6 Å². The molecule has 0 amide bonds. The molecule has 2 aromatic rings. The Morgan fingerprint density at radius 1 is 1.27 bits per heavy atom. The molecule has 0 aliphatic heterocycles. The molecule has 0 bridgehead atoms. The summed E-state index contributed by atoms with van der Waals surface area (Å²) in [6.45, 7) is 2.86. The van der Waals surface area contributed by atoms with Crippen LogP contribution < -0.4 is 10.6 Å². The van der Waals surface area contributed by atoms with Gasteiger partial charge in [-0.3, -0.25) is 4.99 Å². The molecule has 6 nitrogen and oxygen atoms in total. The maximum Gasteiger partial charge on any atom is 0.191 e. The van der Waals surface area contributed by atoms with Crippen LogP contribution in [0.15, 0.2) is 40.4 Å². The summed E-state index contributed by atoms with van der Waals surface area (Å²) in [6.07, 6.45) is 3.63. The van der Waals surface area contributed by atoms with Crippen molar-refractivity contribution in [3.63, 3.8) is 0 Å². The van der Waals surface area contributed by atoms with Gasteiger partial charge in [0.2, 0.25) is 0 Å². The van der Waals surface area contributed by atoms with E-state index in [1.807, 2.05) is 6.20 Å². The number of rotatable bonds is 8. The standard InChI is InChI=1S/C17H23FN4O2S2/c1-3-13-12-22-16(25-13)8-9-20-17(19-2)21-10-11-26(23,24)15-7-5-4-6-14(15)18/h4-7,12H,3,8-11H2,1-2H3,(H2,19,20,21). The third kappa shape index (κ3) is 5.77. The molecule has 142 valence electrons. The van der Waals surface area contributed by atoms with Gasteiger partial charge in [0.15, 0.2) is 15.8 Å². The number of hydrogen-bond acceptors (Lipinski definition) is 5. The van der Waals surface area contributed by atoms with Gasteiger partial charge in [0.1, 0.15) is 10.7 Å². The van der Waals surface area contributed by atoms with Gasteiger partial charge in [-0.05, 0) is 18.6 Å². The molecule has 0 saturated carbocycles. The van der Waals surface area contributed by atoms with Gasteiger partial charge in [0.25, 0.3) is 0 Å². The Balaban J connectivity index is 1.79. The first kappa shape index (κ1) is 20.3. The number of benzene rings is 1. The topological polar surface area (TPSA) is 83.4 Å². The van der Waals surface area contributed by atoms with E-state index in [9.17, 15) is 12.8 Å². The molecule has 0 aliphatic carbocycles. The Hall–Kier alpha value is -2.00. The van der Waals surface area contributed by atoms with E-state index in [1.54, 1.807) is 18.4 Å². The zero-order valence-electron chi connectivity index (χ0n) is 14.8. The van der Waals surface area contributed by atoms with Gasteiger partial charge in [0.05, 0.1) is 10.8 Å². The van der Waals surface area contributed by atoms with Gasteiger partial charge in [-0.1, -0.05) is 19.1 Å². The normalized spacial score (nSPS) is 12.2. The van der Waals surface area contributed by atoms with E-state index in [2.05, 4.69) is 27.5 Å². The van der Waals surface area contributed by atoms with Crippen molar-refractivity contribution in [1.82, 2.24) is 15.6 Å². The average Bonchev–Trinajstić information content (AvgIpc) is 3.08. The second-order valence-electron chi connectivity index (χ2n) is 5.50. The fourth-order valence-corrected chi connectivity index (χ4v) is 4.35. The van der Waals surface area contributed by atoms with Crippen molar-refractivity contribution in [2.24, 2.45) is 4.99 Å². The van der Waals surface area contributed by atoms with Crippen molar-refractivity contribution in [2.75, 3.05) is 25.9 Å². The molecule has 1 aromatic heterocycles. The molecule has 0 spiro atoms. The van der Waals surface area contributed by atoms with E-state index < -0.39 is 15.7 Å². The molecule has 1 heterocycles. The van der Waals surface area contributed by atoms with Crippen molar-refractivity contribution in [3.8, 4) is 0 Å². The van der Waals surface area contributed by atoms with Gasteiger partial charge >= 0.3 is 0 Å². The van der Waals surface area contributed by atoms with Crippen LogP contribution >= 0.6 is 11.3 Å². The van der Waals surface area contributed by atoms with Crippen LogP contribution in [-0.2, 0) is 22.7 Å². The van der Waals surface area contributed by atoms with Crippen LogP contribution in [0.2, 0.25) is 0 Å². The molecule has 9 heteroatoms. The molecular weight excluding hydrogens is 375 g/mol. The molecule has 0 unspecified atom stereocenters. The van der Waals surface area contributed by atoms with Crippen molar-refractivity contribution < 1.29 is 12.8 Å². The van der Waals surface area contributed by atoms with Gasteiger partial charge in [-0.15, -0.1) is 11.3 Å². The summed E-state index contributed by atoms with van der Waals surface area (Å²) in [5, 5.41) is 7.10. The molecule has 26 heavy (non-hydrogen) atoms. The zero-order valence-corrected chi connectivity index (χ0v) is 16.5. The van der Waals surface area contributed by atoms with Crippen molar-refractivity contribution in [1.29, 1.82) is 0 Å². The number of thiazole rings is 1. The van der Waals surface area contributed by atoms with Crippen molar-refractivity contribution in [3.05, 3.63) is 46.2 Å². The number of halogens is 1. The first-order chi connectivity index (χ1) is 12.5. The third-order valence-electron chi connectivity index (χ3n) is 3.64. The Labute approximate surface area is 157 Å². The van der Waals surface area contributed by atoms with Crippen LogP contribution in [0.1, 0.15) is 16.8 Å². The first-order valence-electron chi connectivity index (χ1n) is 8.31. The molecule has 0 saturated heterocycles. The predicted octanol–water partition coefficient (Wildman–Crippen LogP) is 2.03. The molecule has 2 rings (SSSR count). The SMILES string of the molecule is CCc1cnc(CCNC(=NC)NCCS(=O)(=O)c2ccccc2F)s1. The Kier molecular flexibility index (Phi) is 7.52. The molecule has 0 radical (unpaired) electrons. The summed E-state index contributed by atoms with van der Waals surface area (Å²) in [6, 6.07) is 5.39. The minimum absolute atomic E-state index is 0.133. The summed E-state index contributed by atoms with van der Waals surface area (Å²) in [5.74, 6) is -0.452. The summed E-state index contributed by atoms with van der Waals surface area (Å²) >= 11 is 1.69. The van der Waals surface area contributed by atoms with Gasteiger partial charge in [-0.25, -0.2) is 17.8 Å². The molecule has 0 aliphatic rings. The van der Waals surface area contributed by atoms with Gasteiger partial charge in [-0.2, -0.15) is 0 Å². The van der Waals surface area contributed by atoms with E-state index in [1.165, 1.54) is 23.1 Å². The Morgan fingerprint density at radius 2 is 2.00 bits per heavy atom. The average molecular weight is 399 g/mol. The zero-order chi connectivity index (χ0) is 19.0. The van der Waals surface area contributed by atoms with E-state index in [4.69, 9.17) is 0 Å². The number of nitrogens with one attached hydrogen (secondary N) is 2. The summed E-state index contributed by atoms with van der Waals surface area (Å²) in [4.78, 5) is 9.38. The number of nitrogens with zero attached hydrogens (tertiary/aromatic N) is 2. The van der Waals surface area contributed by atoms with Crippen LogP contribution in [-0.4, -0.2) is 45.3 Å². The lowest BCUT2D eigenvalue weighted by Gasteiger charge is -2.11. The number of hydrogen-bond donors (Lipinski definition) is 2. The number of guanidine groups is 1. The quantitative estimate of drug-likeness (QED) is 0.525. The highest BCUT2D eigenvalue weighted by Crippen LogP contribution is 2.15.